The van der Waals surface area contributed by atoms with Gasteiger partial charge in [0, 0.05) is 12.3 Å². The molecular formula is C6H6O. The van der Waals surface area contributed by atoms with Crippen molar-refractivity contribution in [3.8, 4) is 11.8 Å². The van der Waals surface area contributed by atoms with E-state index in [1.165, 1.54) is 0 Å². The zero-order chi connectivity index (χ0) is 5.70. The molecular weight excluding hydrogens is 88.1 g/mol. The lowest BCUT2D eigenvalue weighted by molar-refractivity contribution is -0.292. The third-order valence-electron chi connectivity index (χ3n) is 0.388. The SMILES string of the molecule is [CH+]=C([O-])C#CCC. The van der Waals surface area contributed by atoms with Crippen LogP contribution in [0.3, 0.4) is 0 Å². The van der Waals surface area contributed by atoms with Crippen LogP contribution in [0.15, 0.2) is 5.76 Å². The maximum Gasteiger partial charge on any atom is 0.198 e. The lowest BCUT2D eigenvalue weighted by Gasteiger charge is -1.77. The summed E-state index contributed by atoms with van der Waals surface area (Å²) in [7, 11) is 0. The zero-order valence-corrected chi connectivity index (χ0v) is 4.19. The smallest absolute Gasteiger partial charge is 0.198 e. The van der Waals surface area contributed by atoms with Crippen molar-refractivity contribution in [2.45, 2.75) is 13.3 Å². The molecule has 0 N–H and O–H groups in total. The molecule has 1 heteroatoms. The molecule has 0 saturated carbocycles. The highest BCUT2D eigenvalue weighted by Gasteiger charge is 1.73. The highest BCUT2D eigenvalue weighted by molar-refractivity contribution is 5.15. The summed E-state index contributed by atoms with van der Waals surface area (Å²) in [6, 6.07) is 0. The molecule has 0 aromatic rings. The van der Waals surface area contributed by atoms with Gasteiger partial charge < -0.3 is 5.11 Å². The van der Waals surface area contributed by atoms with E-state index < -0.39 is 5.76 Å². The third kappa shape index (κ3) is 5.01. The van der Waals surface area contributed by atoms with Crippen molar-refractivity contribution >= 4 is 0 Å². The monoisotopic (exact) mass is 94.0 g/mol. The first-order chi connectivity index (χ1) is 3.27. The van der Waals surface area contributed by atoms with Crippen molar-refractivity contribution in [1.29, 1.82) is 0 Å². The molecule has 0 radical (unpaired) electrons. The van der Waals surface area contributed by atoms with E-state index in [1.807, 2.05) is 6.92 Å². The van der Waals surface area contributed by atoms with E-state index in [0.29, 0.717) is 6.42 Å². The molecule has 0 bridgehead atoms. The third-order valence-corrected chi connectivity index (χ3v) is 0.388. The van der Waals surface area contributed by atoms with Crippen LogP contribution in [0.5, 0.6) is 0 Å². The van der Waals surface area contributed by atoms with Crippen LogP contribution in [0.25, 0.3) is 0 Å². The van der Waals surface area contributed by atoms with E-state index in [4.69, 9.17) is 0 Å². The number of hydrogen-bond acceptors (Lipinski definition) is 1. The fourth-order valence-corrected chi connectivity index (χ4v) is 0.176. The molecule has 0 rings (SSSR count). The van der Waals surface area contributed by atoms with E-state index in [0.717, 1.165) is 0 Å². The van der Waals surface area contributed by atoms with E-state index in [1.54, 1.807) is 0 Å². The molecule has 0 aliphatic heterocycles. The molecule has 0 aliphatic rings. The molecule has 0 aliphatic carbocycles. The average Bonchev–Trinajstić information content (AvgIpc) is 1.61. The minimum Gasteiger partial charge on any atom is -0.827 e. The molecule has 36 valence electrons. The van der Waals surface area contributed by atoms with Crippen LogP contribution in [0.1, 0.15) is 13.3 Å². The van der Waals surface area contributed by atoms with Crippen molar-refractivity contribution in [3.05, 3.63) is 12.3 Å². The Morgan fingerprint density at radius 3 is 2.57 bits per heavy atom. The number of hydrogen-bond donors (Lipinski definition) is 0. The summed E-state index contributed by atoms with van der Waals surface area (Å²) in [5.74, 6) is 4.15. The summed E-state index contributed by atoms with van der Waals surface area (Å²) in [5.41, 5.74) is 0. The van der Waals surface area contributed by atoms with Crippen molar-refractivity contribution in [3.63, 3.8) is 0 Å². The maximum absolute atomic E-state index is 9.81. The van der Waals surface area contributed by atoms with Gasteiger partial charge in [0.15, 0.2) is 5.76 Å². The first kappa shape index (κ1) is 6.01. The molecule has 0 aromatic carbocycles. The summed E-state index contributed by atoms with van der Waals surface area (Å²) in [5, 5.41) is 9.81. The first-order valence-corrected chi connectivity index (χ1v) is 2.05. The summed E-state index contributed by atoms with van der Waals surface area (Å²) >= 11 is 0. The second-order valence-electron chi connectivity index (χ2n) is 1.02. The second kappa shape index (κ2) is 3.21. The Morgan fingerprint density at radius 1 is 1.86 bits per heavy atom. The molecule has 0 fully saturated rings. The van der Waals surface area contributed by atoms with Crippen LogP contribution in [0.2, 0.25) is 0 Å². The van der Waals surface area contributed by atoms with Crippen molar-refractivity contribution in [2.24, 2.45) is 0 Å². The average molecular weight is 94.1 g/mol. The molecule has 0 heterocycles. The van der Waals surface area contributed by atoms with Gasteiger partial charge in [-0.05, 0) is 0 Å². The molecule has 0 aromatic heterocycles. The van der Waals surface area contributed by atoms with E-state index in [9.17, 15) is 5.11 Å². The van der Waals surface area contributed by atoms with Gasteiger partial charge in [0.25, 0.3) is 0 Å². The van der Waals surface area contributed by atoms with Gasteiger partial charge in [0.2, 0.25) is 0 Å². The normalized spacial score (nSPS) is 6.29. The molecule has 0 amide bonds. The Hall–Kier alpha value is -0.990. The van der Waals surface area contributed by atoms with E-state index >= 15 is 0 Å². The van der Waals surface area contributed by atoms with Crippen LogP contribution in [0.4, 0.5) is 0 Å². The fourth-order valence-electron chi connectivity index (χ4n) is 0.176. The van der Waals surface area contributed by atoms with E-state index in [-0.39, 0.29) is 0 Å². The van der Waals surface area contributed by atoms with E-state index in [2.05, 4.69) is 18.4 Å². The molecule has 1 nitrogen and oxygen atoms in total. The quantitative estimate of drug-likeness (QED) is 0.237. The van der Waals surface area contributed by atoms with Gasteiger partial charge in [-0.25, -0.2) is 0 Å². The van der Waals surface area contributed by atoms with Crippen LogP contribution in [0, 0.1) is 18.4 Å². The van der Waals surface area contributed by atoms with Gasteiger partial charge in [-0.1, -0.05) is 6.92 Å². The number of allylic oxidation sites excluding steroid dienone is 1. The standard InChI is InChI=1S/C6H6O/c1-3-4-5-6(2)7/h2H,3H2,1H3. The van der Waals surface area contributed by atoms with Crippen LogP contribution < -0.4 is 5.11 Å². The van der Waals surface area contributed by atoms with Crippen LogP contribution >= 0.6 is 0 Å². The lowest BCUT2D eigenvalue weighted by atomic mass is 10.4. The molecule has 0 spiro atoms. The van der Waals surface area contributed by atoms with Gasteiger partial charge in [-0.15, -0.1) is 0 Å². The summed E-state index contributed by atoms with van der Waals surface area (Å²) < 4.78 is 0. The minimum absolute atomic E-state index is 0.554. The highest BCUT2D eigenvalue weighted by atomic mass is 16.3. The number of rotatable bonds is 0. The van der Waals surface area contributed by atoms with Crippen LogP contribution in [-0.4, -0.2) is 0 Å². The highest BCUT2D eigenvalue weighted by Crippen LogP contribution is 1.70. The maximum atomic E-state index is 9.81. The molecule has 0 saturated heterocycles. The topological polar surface area (TPSA) is 23.1 Å². The zero-order valence-electron chi connectivity index (χ0n) is 4.19. The second-order valence-corrected chi connectivity index (χ2v) is 1.02. The fraction of sp³-hybridized carbons (Fsp3) is 0.333. The Bertz CT molecular complexity index is 114. The summed E-state index contributed by atoms with van der Waals surface area (Å²) in [6.45, 7) is 6.52. The lowest BCUT2D eigenvalue weighted by Crippen LogP contribution is -1.96. The minimum atomic E-state index is -0.554. The van der Waals surface area contributed by atoms with Crippen molar-refractivity contribution < 1.29 is 5.11 Å². The largest absolute Gasteiger partial charge is 0.827 e. The molecule has 0 atom stereocenters. The van der Waals surface area contributed by atoms with Crippen LogP contribution in [-0.2, 0) is 0 Å². The predicted octanol–water partition coefficient (Wildman–Crippen LogP) is 0.0770. The van der Waals surface area contributed by atoms with Gasteiger partial charge >= 0.3 is 0 Å². The van der Waals surface area contributed by atoms with Crippen molar-refractivity contribution in [2.75, 3.05) is 0 Å². The Morgan fingerprint density at radius 2 is 2.43 bits per heavy atom. The molecule has 0 unspecified atom stereocenters. The Balaban J connectivity index is 3.45. The van der Waals surface area contributed by atoms with Gasteiger partial charge in [0.1, 0.15) is 5.92 Å². The first-order valence-electron chi connectivity index (χ1n) is 2.05. The van der Waals surface area contributed by atoms with Gasteiger partial charge in [-0.2, -0.15) is 0 Å². The Labute approximate surface area is 43.7 Å². The van der Waals surface area contributed by atoms with Gasteiger partial charge in [-0.3, -0.25) is 0 Å². The van der Waals surface area contributed by atoms with Crippen molar-refractivity contribution in [1.82, 2.24) is 0 Å². The Kier molecular flexibility index (Phi) is 2.76. The summed E-state index contributed by atoms with van der Waals surface area (Å²) in [6.07, 6.45) is 0.683. The summed E-state index contributed by atoms with van der Waals surface area (Å²) in [4.78, 5) is 0. The predicted molar refractivity (Wildman–Crippen MR) is 25.9 cm³/mol. The van der Waals surface area contributed by atoms with Gasteiger partial charge in [0.05, 0.1) is 6.58 Å². The molecule has 7 heavy (non-hydrogen) atoms.